The maximum Gasteiger partial charge on any atom is 0.240 e. The van der Waals surface area contributed by atoms with Gasteiger partial charge in [-0.25, -0.2) is 18.1 Å². The molecule has 0 unspecified atom stereocenters. The van der Waals surface area contributed by atoms with Gasteiger partial charge in [0, 0.05) is 29.4 Å². The fourth-order valence-corrected chi connectivity index (χ4v) is 4.46. The van der Waals surface area contributed by atoms with E-state index in [9.17, 15) is 8.42 Å². The van der Waals surface area contributed by atoms with Crippen molar-refractivity contribution in [1.29, 1.82) is 0 Å². The van der Waals surface area contributed by atoms with Gasteiger partial charge in [0.15, 0.2) is 0 Å². The van der Waals surface area contributed by atoms with E-state index >= 15 is 0 Å². The Morgan fingerprint density at radius 3 is 2.56 bits per heavy atom. The molecule has 2 heterocycles. The van der Waals surface area contributed by atoms with E-state index in [-0.39, 0.29) is 4.90 Å². The summed E-state index contributed by atoms with van der Waals surface area (Å²) in [7, 11) is -3.48. The summed E-state index contributed by atoms with van der Waals surface area (Å²) in [6.07, 6.45) is 4.11. The van der Waals surface area contributed by atoms with Gasteiger partial charge in [0.25, 0.3) is 0 Å². The number of pyridine rings is 1. The van der Waals surface area contributed by atoms with Gasteiger partial charge in [0.05, 0.1) is 10.6 Å². The van der Waals surface area contributed by atoms with Crippen molar-refractivity contribution in [3.8, 4) is 10.6 Å². The van der Waals surface area contributed by atoms with Crippen molar-refractivity contribution in [2.75, 3.05) is 6.54 Å². The number of nitrogens with zero attached hydrogens (tertiary/aromatic N) is 2. The summed E-state index contributed by atoms with van der Waals surface area (Å²) >= 11 is 1.58. The fourth-order valence-electron chi connectivity index (χ4n) is 2.37. The lowest BCUT2D eigenvalue weighted by Crippen LogP contribution is -2.25. The Morgan fingerprint density at radius 2 is 1.88 bits per heavy atom. The summed E-state index contributed by atoms with van der Waals surface area (Å²) < 4.78 is 27.3. The highest BCUT2D eigenvalue weighted by Gasteiger charge is 2.14. The van der Waals surface area contributed by atoms with Gasteiger partial charge in [0.1, 0.15) is 5.01 Å². The van der Waals surface area contributed by atoms with Crippen LogP contribution in [0.5, 0.6) is 0 Å². The van der Waals surface area contributed by atoms with Gasteiger partial charge in [-0.3, -0.25) is 4.98 Å². The Balaban J connectivity index is 1.66. The molecule has 1 N–H and O–H groups in total. The average molecular weight is 374 g/mol. The summed E-state index contributed by atoms with van der Waals surface area (Å²) in [4.78, 5) is 10.0. The molecule has 2 aromatic heterocycles. The summed E-state index contributed by atoms with van der Waals surface area (Å²) in [6.45, 7) is 4.21. The molecule has 5 nitrogen and oxygen atoms in total. The van der Waals surface area contributed by atoms with Crippen molar-refractivity contribution < 1.29 is 8.42 Å². The van der Waals surface area contributed by atoms with E-state index in [1.165, 1.54) is 0 Å². The number of benzene rings is 1. The molecule has 7 heteroatoms. The molecule has 25 heavy (non-hydrogen) atoms. The Kier molecular flexibility index (Phi) is 5.27. The molecule has 0 fully saturated rings. The number of nitrogens with one attached hydrogen (secondary N) is 1. The Hall–Kier alpha value is -2.09. The van der Waals surface area contributed by atoms with Crippen molar-refractivity contribution in [1.82, 2.24) is 14.7 Å². The average Bonchev–Trinajstić information content (AvgIpc) is 2.97. The van der Waals surface area contributed by atoms with E-state index in [1.807, 2.05) is 26.0 Å². The number of hydrogen-bond acceptors (Lipinski definition) is 5. The molecule has 0 bridgehead atoms. The zero-order valence-corrected chi connectivity index (χ0v) is 15.7. The first-order valence-corrected chi connectivity index (χ1v) is 10.2. The molecule has 0 aliphatic rings. The lowest BCUT2D eigenvalue weighted by atomic mass is 10.2. The summed E-state index contributed by atoms with van der Waals surface area (Å²) in [5, 5.41) is 0.905. The van der Waals surface area contributed by atoms with Crippen LogP contribution in [0, 0.1) is 13.8 Å². The van der Waals surface area contributed by atoms with Crippen LogP contribution in [-0.2, 0) is 16.4 Å². The predicted octanol–water partition coefficient (Wildman–Crippen LogP) is 3.34. The predicted molar refractivity (Wildman–Crippen MR) is 100 cm³/mol. The van der Waals surface area contributed by atoms with Crippen molar-refractivity contribution in [3.05, 3.63) is 64.9 Å². The maximum atomic E-state index is 12.3. The van der Waals surface area contributed by atoms with Gasteiger partial charge in [-0.05, 0) is 44.5 Å². The maximum absolute atomic E-state index is 12.3. The van der Waals surface area contributed by atoms with Crippen LogP contribution < -0.4 is 4.72 Å². The fraction of sp³-hybridized carbons (Fsp3) is 0.222. The van der Waals surface area contributed by atoms with Crippen molar-refractivity contribution in [3.63, 3.8) is 0 Å². The van der Waals surface area contributed by atoms with Crippen molar-refractivity contribution in [2.45, 2.75) is 25.2 Å². The first-order chi connectivity index (χ1) is 12.0. The third kappa shape index (κ3) is 4.31. The van der Waals surface area contributed by atoms with Gasteiger partial charge in [-0.15, -0.1) is 11.3 Å². The second kappa shape index (κ2) is 7.43. The van der Waals surface area contributed by atoms with Gasteiger partial charge < -0.3 is 0 Å². The number of aromatic nitrogens is 2. The van der Waals surface area contributed by atoms with E-state index < -0.39 is 10.0 Å². The highest BCUT2D eigenvalue weighted by atomic mass is 32.2. The Bertz CT molecular complexity index is 950. The quantitative estimate of drug-likeness (QED) is 0.719. The number of rotatable bonds is 6. The van der Waals surface area contributed by atoms with E-state index in [2.05, 4.69) is 14.7 Å². The van der Waals surface area contributed by atoms with Crippen molar-refractivity contribution in [2.24, 2.45) is 0 Å². The molecule has 130 valence electrons. The minimum absolute atomic E-state index is 0.287. The minimum Gasteiger partial charge on any atom is -0.264 e. The minimum atomic E-state index is -3.48. The Morgan fingerprint density at radius 1 is 1.12 bits per heavy atom. The van der Waals surface area contributed by atoms with Gasteiger partial charge >= 0.3 is 0 Å². The topological polar surface area (TPSA) is 72.0 Å². The molecule has 0 atom stereocenters. The lowest BCUT2D eigenvalue weighted by molar-refractivity contribution is 0.581. The molecule has 0 amide bonds. The standard InChI is InChI=1S/C18H19N3O2S2/c1-13-5-7-16(8-6-13)25(22,23)20-11-9-17-14(2)21-18(24-17)15-4-3-10-19-12-15/h3-8,10,12,20H,9,11H2,1-2H3. The van der Waals surface area contributed by atoms with E-state index in [1.54, 1.807) is 48.0 Å². The van der Waals surface area contributed by atoms with E-state index in [0.717, 1.165) is 26.7 Å². The molecule has 3 rings (SSSR count). The van der Waals surface area contributed by atoms with E-state index in [0.29, 0.717) is 13.0 Å². The SMILES string of the molecule is Cc1ccc(S(=O)(=O)NCCc2sc(-c3cccnc3)nc2C)cc1. The van der Waals surface area contributed by atoms with Crippen LogP contribution in [0.15, 0.2) is 53.7 Å². The molecule has 1 aromatic carbocycles. The molecule has 3 aromatic rings. The van der Waals surface area contributed by atoms with Gasteiger partial charge in [-0.1, -0.05) is 17.7 Å². The van der Waals surface area contributed by atoms with E-state index in [4.69, 9.17) is 0 Å². The Labute approximate surface area is 151 Å². The molecule has 0 saturated heterocycles. The number of thiazole rings is 1. The first kappa shape index (κ1) is 17.7. The normalized spacial score (nSPS) is 11.6. The summed E-state index contributed by atoms with van der Waals surface area (Å²) in [6, 6.07) is 10.7. The second-order valence-electron chi connectivity index (χ2n) is 5.73. The first-order valence-electron chi connectivity index (χ1n) is 7.89. The van der Waals surface area contributed by atoms with Crippen LogP contribution >= 0.6 is 11.3 Å². The van der Waals surface area contributed by atoms with Crippen LogP contribution in [-0.4, -0.2) is 24.9 Å². The highest BCUT2D eigenvalue weighted by Crippen LogP contribution is 2.27. The highest BCUT2D eigenvalue weighted by molar-refractivity contribution is 7.89. The van der Waals surface area contributed by atoms with Crippen LogP contribution in [0.4, 0.5) is 0 Å². The second-order valence-corrected chi connectivity index (χ2v) is 8.58. The van der Waals surface area contributed by atoms with Gasteiger partial charge in [-0.2, -0.15) is 0 Å². The van der Waals surface area contributed by atoms with Crippen LogP contribution in [0.25, 0.3) is 10.6 Å². The molecule has 0 aliphatic carbocycles. The van der Waals surface area contributed by atoms with Crippen molar-refractivity contribution >= 4 is 21.4 Å². The number of hydrogen-bond donors (Lipinski definition) is 1. The van der Waals surface area contributed by atoms with Gasteiger partial charge in [0.2, 0.25) is 10.0 Å². The van der Waals surface area contributed by atoms with Crippen LogP contribution in [0.1, 0.15) is 16.1 Å². The van der Waals surface area contributed by atoms with Crippen LogP contribution in [0.2, 0.25) is 0 Å². The summed E-state index contributed by atoms with van der Waals surface area (Å²) in [5.41, 5.74) is 2.93. The number of sulfonamides is 1. The number of aryl methyl sites for hydroxylation is 2. The molecule has 0 radical (unpaired) electrons. The lowest BCUT2D eigenvalue weighted by Gasteiger charge is -2.06. The monoisotopic (exact) mass is 373 g/mol. The third-order valence-corrected chi connectivity index (χ3v) is 6.52. The molecule has 0 saturated carbocycles. The molecular weight excluding hydrogens is 354 g/mol. The molecule has 0 aliphatic heterocycles. The smallest absolute Gasteiger partial charge is 0.240 e. The van der Waals surface area contributed by atoms with Crippen LogP contribution in [0.3, 0.4) is 0 Å². The molecular formula is C18H19N3O2S2. The largest absolute Gasteiger partial charge is 0.264 e. The zero-order valence-electron chi connectivity index (χ0n) is 14.1. The summed E-state index contributed by atoms with van der Waals surface area (Å²) in [5.74, 6) is 0. The third-order valence-electron chi connectivity index (χ3n) is 3.78. The zero-order chi connectivity index (χ0) is 17.9. The molecule has 0 spiro atoms.